The van der Waals surface area contributed by atoms with E-state index in [1.807, 2.05) is 0 Å². The molecule has 1 aliphatic heterocycles. The summed E-state index contributed by atoms with van der Waals surface area (Å²) in [6, 6.07) is 0.609. The Morgan fingerprint density at radius 1 is 1.24 bits per heavy atom. The van der Waals surface area contributed by atoms with Crippen molar-refractivity contribution >= 4 is 35.3 Å². The summed E-state index contributed by atoms with van der Waals surface area (Å²) in [4.78, 5) is 39.2. The van der Waals surface area contributed by atoms with Crippen LogP contribution in [0, 0.1) is 5.82 Å². The van der Waals surface area contributed by atoms with Crippen LogP contribution in [0.25, 0.3) is 0 Å². The molecule has 1 aromatic carbocycles. The predicted molar refractivity (Wildman–Crippen MR) is 87.2 cm³/mol. The molecule has 0 spiro atoms. The van der Waals surface area contributed by atoms with Crippen LogP contribution in [0.5, 0.6) is 5.75 Å². The van der Waals surface area contributed by atoms with Crippen molar-refractivity contribution in [3.63, 3.8) is 0 Å². The third kappa shape index (κ3) is 3.60. The summed E-state index contributed by atoms with van der Waals surface area (Å²) in [5.41, 5.74) is -0.329. The molecule has 10 heteroatoms. The lowest BCUT2D eigenvalue weighted by molar-refractivity contribution is -0.147. The average molecular weight is 374 g/mol. The number of anilines is 1. The molecule has 0 N–H and O–H groups in total. The fourth-order valence-electron chi connectivity index (χ4n) is 2.25. The van der Waals surface area contributed by atoms with E-state index >= 15 is 0 Å². The van der Waals surface area contributed by atoms with Gasteiger partial charge in [0.1, 0.15) is 11.6 Å². The van der Waals surface area contributed by atoms with Crippen molar-refractivity contribution in [2.45, 2.75) is 13.0 Å². The summed E-state index contributed by atoms with van der Waals surface area (Å²) in [6.07, 6.45) is -1.01. The van der Waals surface area contributed by atoms with Gasteiger partial charge in [0.2, 0.25) is 0 Å². The Kier molecular flexibility index (Phi) is 5.36. The highest BCUT2D eigenvalue weighted by Gasteiger charge is 2.37. The number of amides is 4. The fourth-order valence-corrected chi connectivity index (χ4v) is 2.45. The molecule has 1 unspecified atom stereocenters. The summed E-state index contributed by atoms with van der Waals surface area (Å²) in [5.74, 6) is -1.60. The van der Waals surface area contributed by atoms with E-state index in [2.05, 4.69) is 4.74 Å². The fraction of sp³-hybridized carbons (Fsp3) is 0.400. The number of carbonyl (C=O) groups is 3. The smallest absolute Gasteiger partial charge is 0.346 e. The van der Waals surface area contributed by atoms with E-state index in [-0.39, 0.29) is 23.1 Å². The normalized spacial score (nSPS) is 16.2. The summed E-state index contributed by atoms with van der Waals surface area (Å²) < 4.78 is 24.3. The Bertz CT molecular complexity index is 709. The largest absolute Gasteiger partial charge is 0.477 e. The Labute approximate surface area is 148 Å². The molecule has 1 heterocycles. The molecule has 1 saturated heterocycles. The molecule has 2 rings (SSSR count). The average Bonchev–Trinajstić information content (AvgIpc) is 2.56. The number of halogens is 2. The first-order valence-electron chi connectivity index (χ1n) is 7.21. The number of urea groups is 2. The van der Waals surface area contributed by atoms with Gasteiger partial charge < -0.3 is 19.3 Å². The minimum Gasteiger partial charge on any atom is -0.477 e. The first-order valence-corrected chi connectivity index (χ1v) is 7.59. The summed E-state index contributed by atoms with van der Waals surface area (Å²) in [5, 5.41) is -0.115. The van der Waals surface area contributed by atoms with Crippen molar-refractivity contribution < 1.29 is 28.2 Å². The SMILES string of the molecule is COC(=O)C(C)Oc1cc(N2C(=O)N(C)CN(C)C2=O)c(F)cc1Cl. The summed E-state index contributed by atoms with van der Waals surface area (Å²) in [6.45, 7) is 1.50. The van der Waals surface area contributed by atoms with E-state index in [4.69, 9.17) is 16.3 Å². The lowest BCUT2D eigenvalue weighted by Crippen LogP contribution is -2.59. The zero-order chi connectivity index (χ0) is 18.9. The molecule has 0 aliphatic carbocycles. The molecule has 1 aromatic rings. The minimum absolute atomic E-state index is 0.0625. The Hall–Kier alpha value is -2.55. The van der Waals surface area contributed by atoms with Crippen molar-refractivity contribution in [2.24, 2.45) is 0 Å². The molecule has 0 radical (unpaired) electrons. The number of rotatable bonds is 4. The van der Waals surface area contributed by atoms with Crippen LogP contribution in [0.3, 0.4) is 0 Å². The molecule has 25 heavy (non-hydrogen) atoms. The van der Waals surface area contributed by atoms with Crippen LogP contribution in [0.2, 0.25) is 5.02 Å². The molecule has 0 saturated carbocycles. The predicted octanol–water partition coefficient (Wildman–Crippen LogP) is 2.30. The van der Waals surface area contributed by atoms with E-state index in [0.29, 0.717) is 4.90 Å². The standard InChI is InChI=1S/C15H17ClFN3O5/c1-8(13(21)24-4)25-12-6-11(10(17)5-9(12)16)20-14(22)18(2)7-19(3)15(20)23/h5-6,8H,7H2,1-4H3. The maximum absolute atomic E-state index is 14.4. The monoisotopic (exact) mass is 373 g/mol. The number of hydrogen-bond donors (Lipinski definition) is 0. The zero-order valence-corrected chi connectivity index (χ0v) is 14.8. The first kappa shape index (κ1) is 18.8. The van der Waals surface area contributed by atoms with Crippen molar-refractivity contribution in [3.05, 3.63) is 23.0 Å². The van der Waals surface area contributed by atoms with Gasteiger partial charge in [-0.25, -0.2) is 23.7 Å². The zero-order valence-electron chi connectivity index (χ0n) is 14.1. The Morgan fingerprint density at radius 2 is 1.80 bits per heavy atom. The van der Waals surface area contributed by atoms with Gasteiger partial charge in [0.25, 0.3) is 0 Å². The molecule has 4 amide bonds. The van der Waals surface area contributed by atoms with E-state index in [9.17, 15) is 18.8 Å². The molecule has 0 aromatic heterocycles. The second-order valence-electron chi connectivity index (χ2n) is 5.46. The lowest BCUT2D eigenvalue weighted by atomic mass is 10.2. The second-order valence-corrected chi connectivity index (χ2v) is 5.86. The number of imide groups is 1. The highest BCUT2D eigenvalue weighted by molar-refractivity contribution is 6.32. The van der Waals surface area contributed by atoms with E-state index in [1.165, 1.54) is 37.9 Å². The van der Waals surface area contributed by atoms with Crippen molar-refractivity contribution in [1.82, 2.24) is 9.80 Å². The first-order chi connectivity index (χ1) is 11.7. The number of carbonyl (C=O) groups excluding carboxylic acids is 3. The van der Waals surface area contributed by atoms with Gasteiger partial charge in [-0.3, -0.25) is 0 Å². The summed E-state index contributed by atoms with van der Waals surface area (Å²) in [7, 11) is 4.14. The Balaban J connectivity index is 2.44. The van der Waals surface area contributed by atoms with Gasteiger partial charge in [-0.2, -0.15) is 0 Å². The maximum atomic E-state index is 14.4. The quantitative estimate of drug-likeness (QED) is 0.757. The lowest BCUT2D eigenvalue weighted by Gasteiger charge is -2.37. The molecule has 1 fully saturated rings. The van der Waals surface area contributed by atoms with Gasteiger partial charge in [-0.15, -0.1) is 0 Å². The van der Waals surface area contributed by atoms with Crippen LogP contribution in [0.15, 0.2) is 12.1 Å². The number of benzene rings is 1. The van der Waals surface area contributed by atoms with Crippen LogP contribution >= 0.6 is 11.6 Å². The van der Waals surface area contributed by atoms with Gasteiger partial charge in [-0.05, 0) is 13.0 Å². The van der Waals surface area contributed by atoms with Crippen LogP contribution in [-0.4, -0.2) is 61.8 Å². The third-order valence-electron chi connectivity index (χ3n) is 3.54. The molecule has 1 atom stereocenters. The van der Waals surface area contributed by atoms with Crippen molar-refractivity contribution in [2.75, 3.05) is 32.8 Å². The summed E-state index contributed by atoms with van der Waals surface area (Å²) >= 11 is 5.94. The number of esters is 1. The van der Waals surface area contributed by atoms with Crippen molar-refractivity contribution in [3.8, 4) is 5.75 Å². The molecule has 1 aliphatic rings. The van der Waals surface area contributed by atoms with Gasteiger partial charge in [0.05, 0.1) is 24.5 Å². The van der Waals surface area contributed by atoms with Crippen LogP contribution in [0.1, 0.15) is 6.92 Å². The molecule has 0 bridgehead atoms. The van der Waals surface area contributed by atoms with Gasteiger partial charge in [-0.1, -0.05) is 11.6 Å². The minimum atomic E-state index is -1.01. The third-order valence-corrected chi connectivity index (χ3v) is 3.83. The van der Waals surface area contributed by atoms with E-state index in [1.54, 1.807) is 0 Å². The highest BCUT2D eigenvalue weighted by atomic mass is 35.5. The van der Waals surface area contributed by atoms with E-state index in [0.717, 1.165) is 12.1 Å². The van der Waals surface area contributed by atoms with Crippen molar-refractivity contribution in [1.29, 1.82) is 0 Å². The molecule has 8 nitrogen and oxygen atoms in total. The topological polar surface area (TPSA) is 79.4 Å². The number of ether oxygens (including phenoxy) is 2. The second kappa shape index (κ2) is 7.14. The van der Waals surface area contributed by atoms with Crippen LogP contribution in [-0.2, 0) is 9.53 Å². The maximum Gasteiger partial charge on any atom is 0.346 e. The van der Waals surface area contributed by atoms with E-state index < -0.39 is 30.0 Å². The molecular weight excluding hydrogens is 357 g/mol. The van der Waals surface area contributed by atoms with Gasteiger partial charge in [0.15, 0.2) is 6.10 Å². The van der Waals surface area contributed by atoms with Gasteiger partial charge in [0, 0.05) is 20.2 Å². The Morgan fingerprint density at radius 3 is 2.32 bits per heavy atom. The van der Waals surface area contributed by atoms with Gasteiger partial charge >= 0.3 is 18.0 Å². The number of nitrogens with zero attached hydrogens (tertiary/aromatic N) is 3. The van der Waals surface area contributed by atoms with Crippen LogP contribution in [0.4, 0.5) is 19.7 Å². The molecule has 136 valence electrons. The van der Waals surface area contributed by atoms with Crippen LogP contribution < -0.4 is 9.64 Å². The highest BCUT2D eigenvalue weighted by Crippen LogP contribution is 2.34. The number of hydrogen-bond acceptors (Lipinski definition) is 5. The number of methoxy groups -OCH3 is 1. The molecular formula is C15H17ClFN3O5.